The molecule has 0 bridgehead atoms. The van der Waals surface area contributed by atoms with Crippen molar-refractivity contribution in [1.29, 1.82) is 5.41 Å². The first-order valence-corrected chi connectivity index (χ1v) is 6.54. The summed E-state index contributed by atoms with van der Waals surface area (Å²) in [7, 11) is 0. The predicted octanol–water partition coefficient (Wildman–Crippen LogP) is 3.25. The van der Waals surface area contributed by atoms with Crippen LogP contribution >= 0.6 is 11.8 Å². The van der Waals surface area contributed by atoms with Gasteiger partial charge in [0.15, 0.2) is 0 Å². The van der Waals surface area contributed by atoms with Crippen molar-refractivity contribution < 1.29 is 0 Å². The fourth-order valence-electron chi connectivity index (χ4n) is 1.76. The second kappa shape index (κ2) is 5.94. The maximum atomic E-state index is 7.24. The Bertz CT molecular complexity index is 354. The van der Waals surface area contributed by atoms with Gasteiger partial charge in [-0.3, -0.25) is 5.41 Å². The van der Waals surface area contributed by atoms with E-state index in [2.05, 4.69) is 39.0 Å². The van der Waals surface area contributed by atoms with E-state index >= 15 is 0 Å². The molecule has 0 amide bonds. The van der Waals surface area contributed by atoms with Gasteiger partial charge in [-0.1, -0.05) is 36.2 Å². The summed E-state index contributed by atoms with van der Waals surface area (Å²) in [6.45, 7) is 6.37. The molecule has 0 radical (unpaired) electrons. The molecular weight excluding hydrogens is 216 g/mol. The summed E-state index contributed by atoms with van der Waals surface area (Å²) in [5.41, 5.74) is 9.37. The summed E-state index contributed by atoms with van der Waals surface area (Å²) in [6.07, 6.45) is 0.676. The van der Waals surface area contributed by atoms with E-state index in [0.717, 1.165) is 5.75 Å². The van der Waals surface area contributed by atoms with Crippen molar-refractivity contribution in [3.05, 3.63) is 34.9 Å². The van der Waals surface area contributed by atoms with Gasteiger partial charge in [-0.2, -0.15) is 11.8 Å². The molecule has 1 atom stereocenters. The molecule has 1 rings (SSSR count). The molecule has 1 unspecified atom stereocenters. The van der Waals surface area contributed by atoms with Crippen LogP contribution in [0, 0.1) is 19.3 Å². The average Bonchev–Trinajstić information content (AvgIpc) is 2.12. The number of nitrogens with one attached hydrogen (secondary N) is 1. The van der Waals surface area contributed by atoms with Gasteiger partial charge >= 0.3 is 0 Å². The number of amidine groups is 1. The lowest BCUT2D eigenvalue weighted by Crippen LogP contribution is -2.15. The Labute approximate surface area is 102 Å². The van der Waals surface area contributed by atoms with Crippen LogP contribution < -0.4 is 5.73 Å². The first-order valence-electron chi connectivity index (χ1n) is 5.49. The molecule has 3 N–H and O–H groups in total. The summed E-state index contributed by atoms with van der Waals surface area (Å²) < 4.78 is 0. The van der Waals surface area contributed by atoms with E-state index in [1.165, 1.54) is 16.7 Å². The van der Waals surface area contributed by atoms with Gasteiger partial charge in [-0.15, -0.1) is 0 Å². The van der Waals surface area contributed by atoms with Crippen LogP contribution in [-0.2, 0) is 5.75 Å². The van der Waals surface area contributed by atoms with E-state index in [9.17, 15) is 0 Å². The number of hydrogen-bond donors (Lipinski definition) is 2. The van der Waals surface area contributed by atoms with Gasteiger partial charge in [0.1, 0.15) is 0 Å². The van der Waals surface area contributed by atoms with Crippen LogP contribution in [0.4, 0.5) is 0 Å². The van der Waals surface area contributed by atoms with Gasteiger partial charge in [-0.25, -0.2) is 0 Å². The van der Waals surface area contributed by atoms with Crippen molar-refractivity contribution in [2.75, 3.05) is 0 Å². The molecule has 1 aromatic rings. The molecule has 0 spiro atoms. The summed E-state index contributed by atoms with van der Waals surface area (Å²) in [5.74, 6) is 1.28. The molecule has 0 aliphatic carbocycles. The normalized spacial score (nSPS) is 12.4. The van der Waals surface area contributed by atoms with E-state index in [4.69, 9.17) is 11.1 Å². The van der Waals surface area contributed by atoms with Gasteiger partial charge in [0, 0.05) is 17.4 Å². The molecular formula is C13H20N2S. The number of benzene rings is 1. The van der Waals surface area contributed by atoms with Crippen molar-refractivity contribution in [2.24, 2.45) is 5.73 Å². The van der Waals surface area contributed by atoms with E-state index in [-0.39, 0.29) is 5.84 Å². The number of aryl methyl sites for hydroxylation is 2. The molecule has 0 saturated carbocycles. The Morgan fingerprint density at radius 3 is 2.38 bits per heavy atom. The standard InChI is InChI=1S/C13H20N2S/c1-9-4-10(2)6-12(5-9)8-16-11(3)7-13(14)15/h4-6,11H,7-8H2,1-3H3,(H3,14,15). The highest BCUT2D eigenvalue weighted by Gasteiger charge is 2.05. The first kappa shape index (κ1) is 13.1. The molecule has 0 aliphatic rings. The third kappa shape index (κ3) is 4.71. The zero-order valence-corrected chi connectivity index (χ0v) is 11.0. The summed E-state index contributed by atoms with van der Waals surface area (Å²) >= 11 is 1.85. The van der Waals surface area contributed by atoms with Crippen LogP contribution in [0.1, 0.15) is 30.0 Å². The molecule has 0 fully saturated rings. The van der Waals surface area contributed by atoms with E-state index < -0.39 is 0 Å². The summed E-state index contributed by atoms with van der Waals surface area (Å²) in [5, 5.41) is 7.66. The maximum Gasteiger partial charge on any atom is 0.0916 e. The zero-order chi connectivity index (χ0) is 12.1. The fourth-order valence-corrected chi connectivity index (χ4v) is 2.70. The van der Waals surface area contributed by atoms with Gasteiger partial charge in [0.05, 0.1) is 5.84 Å². The van der Waals surface area contributed by atoms with E-state index in [1.54, 1.807) is 0 Å². The molecule has 0 saturated heterocycles. The second-order valence-corrected chi connectivity index (χ2v) is 5.77. The Morgan fingerprint density at radius 2 is 1.88 bits per heavy atom. The molecule has 0 heterocycles. The highest BCUT2D eigenvalue weighted by molar-refractivity contribution is 7.99. The predicted molar refractivity (Wildman–Crippen MR) is 73.2 cm³/mol. The minimum Gasteiger partial charge on any atom is -0.388 e. The number of nitrogens with two attached hydrogens (primary N) is 1. The Morgan fingerprint density at radius 1 is 1.31 bits per heavy atom. The lowest BCUT2D eigenvalue weighted by molar-refractivity contribution is 0.995. The SMILES string of the molecule is Cc1cc(C)cc(CSC(C)CC(=N)N)c1. The van der Waals surface area contributed by atoms with E-state index in [1.807, 2.05) is 11.8 Å². The van der Waals surface area contributed by atoms with Crippen molar-refractivity contribution in [2.45, 2.75) is 38.2 Å². The van der Waals surface area contributed by atoms with Gasteiger partial charge in [0.2, 0.25) is 0 Å². The lowest BCUT2D eigenvalue weighted by Gasteiger charge is -2.11. The van der Waals surface area contributed by atoms with Crippen molar-refractivity contribution in [1.82, 2.24) is 0 Å². The molecule has 2 nitrogen and oxygen atoms in total. The topological polar surface area (TPSA) is 49.9 Å². The van der Waals surface area contributed by atoms with Crippen LogP contribution in [0.3, 0.4) is 0 Å². The smallest absolute Gasteiger partial charge is 0.0916 e. The Hall–Kier alpha value is -0.960. The third-order valence-corrected chi connectivity index (χ3v) is 3.56. The fraction of sp³-hybridized carbons (Fsp3) is 0.462. The average molecular weight is 236 g/mol. The zero-order valence-electron chi connectivity index (χ0n) is 10.2. The third-order valence-electron chi connectivity index (χ3n) is 2.32. The van der Waals surface area contributed by atoms with Crippen molar-refractivity contribution >= 4 is 17.6 Å². The molecule has 16 heavy (non-hydrogen) atoms. The molecule has 88 valence electrons. The van der Waals surface area contributed by atoms with Crippen LogP contribution in [0.15, 0.2) is 18.2 Å². The quantitative estimate of drug-likeness (QED) is 0.609. The second-order valence-electron chi connectivity index (χ2n) is 4.35. The highest BCUT2D eigenvalue weighted by atomic mass is 32.2. The van der Waals surface area contributed by atoms with Crippen LogP contribution in [0.25, 0.3) is 0 Å². The minimum atomic E-state index is 0.278. The van der Waals surface area contributed by atoms with Crippen molar-refractivity contribution in [3.63, 3.8) is 0 Å². The number of thioether (sulfide) groups is 1. The van der Waals surface area contributed by atoms with Gasteiger partial charge < -0.3 is 5.73 Å². The minimum absolute atomic E-state index is 0.278. The van der Waals surface area contributed by atoms with Crippen LogP contribution in [0.2, 0.25) is 0 Å². The molecule has 0 aliphatic heterocycles. The Kier molecular flexibility index (Phi) is 4.87. The molecule has 0 aromatic heterocycles. The van der Waals surface area contributed by atoms with Crippen molar-refractivity contribution in [3.8, 4) is 0 Å². The monoisotopic (exact) mass is 236 g/mol. The van der Waals surface area contributed by atoms with Crippen LogP contribution in [-0.4, -0.2) is 11.1 Å². The highest BCUT2D eigenvalue weighted by Crippen LogP contribution is 2.21. The summed E-state index contributed by atoms with van der Waals surface area (Å²) in [6, 6.07) is 6.63. The van der Waals surface area contributed by atoms with Gasteiger partial charge in [-0.05, 0) is 19.4 Å². The number of hydrogen-bond acceptors (Lipinski definition) is 2. The van der Waals surface area contributed by atoms with E-state index in [0.29, 0.717) is 11.7 Å². The summed E-state index contributed by atoms with van der Waals surface area (Å²) in [4.78, 5) is 0. The largest absolute Gasteiger partial charge is 0.388 e. The van der Waals surface area contributed by atoms with Gasteiger partial charge in [0.25, 0.3) is 0 Å². The lowest BCUT2D eigenvalue weighted by atomic mass is 10.1. The maximum absolute atomic E-state index is 7.24. The molecule has 3 heteroatoms. The Balaban J connectivity index is 2.51. The van der Waals surface area contributed by atoms with Crippen LogP contribution in [0.5, 0.6) is 0 Å². The molecule has 1 aromatic carbocycles. The number of rotatable bonds is 5. The first-order chi connectivity index (χ1) is 7.47.